The van der Waals surface area contributed by atoms with Crippen molar-refractivity contribution in [2.24, 2.45) is 0 Å². The third-order valence-electron chi connectivity index (χ3n) is 5.42. The van der Waals surface area contributed by atoms with Crippen molar-refractivity contribution in [1.29, 1.82) is 0 Å². The van der Waals surface area contributed by atoms with Crippen LogP contribution in [0.1, 0.15) is 6.04 Å². The van der Waals surface area contributed by atoms with E-state index in [0.717, 1.165) is 0 Å². The number of benzene rings is 2. The molecule has 1 aromatic heterocycles. The highest BCUT2D eigenvalue weighted by atomic mass is 16.6. The minimum Gasteiger partial charge on any atom is -0.497 e. The lowest BCUT2D eigenvalue weighted by atomic mass is 10.1. The number of nitrogens with zero attached hydrogens (tertiary/aromatic N) is 4. The van der Waals surface area contributed by atoms with Crippen LogP contribution in [0, 0.1) is 0 Å². The Kier molecular flexibility index (Phi) is 5.57. The Balaban J connectivity index is 1.21. The number of hydrogen-bond acceptors (Lipinski definition) is 8. The van der Waals surface area contributed by atoms with Crippen LogP contribution in [0.3, 0.4) is 0 Å². The van der Waals surface area contributed by atoms with Crippen LogP contribution >= 0.6 is 0 Å². The number of aromatic nitrogens is 4. The van der Waals surface area contributed by atoms with E-state index in [0.29, 0.717) is 30.4 Å². The number of hydrogen-bond donors (Lipinski definition) is 2. The summed E-state index contributed by atoms with van der Waals surface area (Å²) in [4.78, 5) is 12.5. The molecule has 0 bridgehead atoms. The summed E-state index contributed by atoms with van der Waals surface area (Å²) < 4.78 is 24.4. The number of urea groups is 1. The number of methoxy groups -OCH3 is 1. The quantitative estimate of drug-likeness (QED) is 0.599. The molecule has 0 unspecified atom stereocenters. The molecule has 4 atom stereocenters. The molecule has 2 aliphatic heterocycles. The number of tetrazole rings is 1. The number of anilines is 1. The minimum absolute atomic E-state index is 0.253. The average molecular weight is 438 g/mol. The van der Waals surface area contributed by atoms with Gasteiger partial charge >= 0.3 is 12.0 Å². The van der Waals surface area contributed by atoms with E-state index in [1.54, 1.807) is 36.1 Å². The predicted octanol–water partition coefficient (Wildman–Crippen LogP) is 2.00. The maximum Gasteiger partial charge on any atom is 0.341 e. The smallest absolute Gasteiger partial charge is 0.341 e. The molecule has 5 rings (SSSR count). The van der Waals surface area contributed by atoms with Gasteiger partial charge in [0.25, 0.3) is 0 Å². The van der Waals surface area contributed by atoms with Crippen molar-refractivity contribution in [3.05, 3.63) is 54.6 Å². The Bertz CT molecular complexity index is 1060. The van der Waals surface area contributed by atoms with E-state index >= 15 is 0 Å². The zero-order valence-electron chi connectivity index (χ0n) is 17.2. The number of carbonyl (C=O) groups is 1. The standard InChI is InChI=1S/C21H22N6O5/c1-29-14-9-7-13(8-10-14)22-20(28)23-16-11-30-19-17(12-31-18(16)19)27-21(24-25-26-27)32-15-5-3-2-4-6-15/h2-10,16-19H,11-12H2,1H3,(H2,22,23,28)/t16-,17+,18-,19+/m1/s1. The number of carbonyl (C=O) groups excluding carboxylic acids is 1. The Morgan fingerprint density at radius 3 is 2.59 bits per heavy atom. The first-order chi connectivity index (χ1) is 15.7. The first kappa shape index (κ1) is 20.2. The number of rotatable bonds is 6. The van der Waals surface area contributed by atoms with Crippen molar-refractivity contribution in [1.82, 2.24) is 25.5 Å². The van der Waals surface area contributed by atoms with Gasteiger partial charge in [-0.15, -0.1) is 0 Å². The van der Waals surface area contributed by atoms with E-state index < -0.39 is 0 Å². The topological polar surface area (TPSA) is 122 Å². The number of fused-ring (bicyclic) bond motifs is 1. The van der Waals surface area contributed by atoms with Gasteiger partial charge in [-0.25, -0.2) is 4.79 Å². The molecule has 2 fully saturated rings. The van der Waals surface area contributed by atoms with E-state index in [4.69, 9.17) is 18.9 Å². The van der Waals surface area contributed by atoms with Crippen molar-refractivity contribution in [2.45, 2.75) is 24.3 Å². The molecule has 0 radical (unpaired) electrons. The average Bonchev–Trinajstić information content (AvgIpc) is 3.53. The monoisotopic (exact) mass is 438 g/mol. The Morgan fingerprint density at radius 1 is 1.03 bits per heavy atom. The van der Waals surface area contributed by atoms with Crippen molar-refractivity contribution in [3.63, 3.8) is 0 Å². The first-order valence-electron chi connectivity index (χ1n) is 10.2. The Hall–Kier alpha value is -3.70. The van der Waals surface area contributed by atoms with Crippen LogP contribution in [0.25, 0.3) is 0 Å². The highest BCUT2D eigenvalue weighted by molar-refractivity contribution is 5.89. The van der Waals surface area contributed by atoms with Crippen molar-refractivity contribution >= 4 is 11.7 Å². The van der Waals surface area contributed by atoms with Gasteiger partial charge in [-0.2, -0.15) is 4.68 Å². The fourth-order valence-corrected chi connectivity index (χ4v) is 3.88. The summed E-state index contributed by atoms with van der Waals surface area (Å²) in [7, 11) is 1.59. The molecule has 0 spiro atoms. The van der Waals surface area contributed by atoms with Gasteiger partial charge < -0.3 is 29.6 Å². The van der Waals surface area contributed by atoms with Crippen LogP contribution in [-0.4, -0.2) is 64.8 Å². The third kappa shape index (κ3) is 4.07. The zero-order valence-corrected chi connectivity index (χ0v) is 17.2. The molecule has 32 heavy (non-hydrogen) atoms. The number of ether oxygens (including phenoxy) is 4. The van der Waals surface area contributed by atoms with Crippen molar-refractivity contribution in [3.8, 4) is 17.5 Å². The van der Waals surface area contributed by atoms with Crippen molar-refractivity contribution in [2.75, 3.05) is 25.6 Å². The fourth-order valence-electron chi connectivity index (χ4n) is 3.88. The molecule has 0 saturated carbocycles. The Morgan fingerprint density at radius 2 is 1.81 bits per heavy atom. The van der Waals surface area contributed by atoms with Gasteiger partial charge in [-0.05, 0) is 46.8 Å². The van der Waals surface area contributed by atoms with E-state index in [9.17, 15) is 4.79 Å². The van der Waals surface area contributed by atoms with Gasteiger partial charge in [0.2, 0.25) is 0 Å². The molecule has 3 heterocycles. The summed E-state index contributed by atoms with van der Waals surface area (Å²) in [6.45, 7) is 0.655. The van der Waals surface area contributed by atoms with Gasteiger partial charge in [0, 0.05) is 5.69 Å². The minimum atomic E-state index is -0.341. The van der Waals surface area contributed by atoms with Crippen molar-refractivity contribution < 1.29 is 23.7 Å². The largest absolute Gasteiger partial charge is 0.497 e. The van der Waals surface area contributed by atoms with Crippen LogP contribution in [-0.2, 0) is 9.47 Å². The highest BCUT2D eigenvalue weighted by Gasteiger charge is 2.50. The van der Waals surface area contributed by atoms with Gasteiger partial charge in [0.1, 0.15) is 29.7 Å². The summed E-state index contributed by atoms with van der Waals surface area (Å²) in [6, 6.07) is 15.7. The molecule has 3 aromatic rings. The van der Waals surface area contributed by atoms with E-state index in [1.165, 1.54) is 0 Å². The maximum atomic E-state index is 12.5. The Labute approximate surface area is 183 Å². The summed E-state index contributed by atoms with van der Waals surface area (Å²) >= 11 is 0. The molecule has 0 aliphatic carbocycles. The molecule has 11 nitrogen and oxygen atoms in total. The number of amides is 2. The lowest BCUT2D eigenvalue weighted by Gasteiger charge is -2.18. The summed E-state index contributed by atoms with van der Waals surface area (Å²) in [5.41, 5.74) is 0.653. The summed E-state index contributed by atoms with van der Waals surface area (Å²) in [6.07, 6.45) is -0.640. The fraction of sp³-hybridized carbons (Fsp3) is 0.333. The molecule has 2 aromatic carbocycles. The summed E-state index contributed by atoms with van der Waals surface area (Å²) in [5.74, 6) is 1.34. The number of nitrogens with one attached hydrogen (secondary N) is 2. The molecular weight excluding hydrogens is 416 g/mol. The predicted molar refractivity (Wildman–Crippen MR) is 112 cm³/mol. The molecule has 2 amide bonds. The highest BCUT2D eigenvalue weighted by Crippen LogP contribution is 2.36. The zero-order chi connectivity index (χ0) is 21.9. The van der Waals surface area contributed by atoms with Crippen LogP contribution in [0.2, 0.25) is 0 Å². The van der Waals surface area contributed by atoms with Crippen LogP contribution in [0.5, 0.6) is 17.5 Å². The lowest BCUT2D eigenvalue weighted by Crippen LogP contribution is -2.45. The van der Waals surface area contributed by atoms with E-state index in [2.05, 4.69) is 26.2 Å². The summed E-state index contributed by atoms with van der Waals surface area (Å²) in [5, 5.41) is 17.5. The van der Waals surface area contributed by atoms with E-state index in [1.807, 2.05) is 30.3 Å². The third-order valence-corrected chi connectivity index (χ3v) is 5.42. The molecule has 2 N–H and O–H groups in total. The molecule has 11 heteroatoms. The maximum absolute atomic E-state index is 12.5. The normalized spacial score (nSPS) is 24.0. The van der Waals surface area contributed by atoms with Gasteiger partial charge in [0.05, 0.1) is 26.4 Å². The SMILES string of the molecule is COc1ccc(NC(=O)N[C@@H]2CO[C@@H]3[C@@H]2OC[C@@H]3n2nnnc2Oc2ccccc2)cc1. The van der Waals surface area contributed by atoms with Crippen LogP contribution in [0.15, 0.2) is 54.6 Å². The molecule has 2 aliphatic rings. The number of para-hydroxylation sites is 1. The van der Waals surface area contributed by atoms with Gasteiger partial charge in [0.15, 0.2) is 0 Å². The second-order valence-corrected chi connectivity index (χ2v) is 7.42. The van der Waals surface area contributed by atoms with Gasteiger partial charge in [-0.3, -0.25) is 0 Å². The molecule has 2 saturated heterocycles. The van der Waals surface area contributed by atoms with Gasteiger partial charge in [-0.1, -0.05) is 23.3 Å². The van der Waals surface area contributed by atoms with Crippen LogP contribution in [0.4, 0.5) is 10.5 Å². The lowest BCUT2D eigenvalue weighted by molar-refractivity contribution is 0.0613. The van der Waals surface area contributed by atoms with Crippen LogP contribution < -0.4 is 20.1 Å². The molecular formula is C21H22N6O5. The van der Waals surface area contributed by atoms with E-state index in [-0.39, 0.29) is 36.3 Å². The second-order valence-electron chi connectivity index (χ2n) is 7.42. The second kappa shape index (κ2) is 8.81. The first-order valence-corrected chi connectivity index (χ1v) is 10.2. The molecule has 166 valence electrons.